The number of nitrogens with one attached hydrogen (secondary N) is 1. The smallest absolute Gasteiger partial charge is 0.179 e. The molecule has 2 nitrogen and oxygen atoms in total. The van der Waals surface area contributed by atoms with Gasteiger partial charge in [-0.3, -0.25) is 4.79 Å². The van der Waals surface area contributed by atoms with Crippen molar-refractivity contribution < 1.29 is 4.79 Å². The number of carbonyl (C=O) groups excluding carboxylic acids is 1. The molecule has 0 amide bonds. The molecule has 1 rings (SSSR count). The van der Waals surface area contributed by atoms with E-state index in [1.54, 1.807) is 0 Å². The summed E-state index contributed by atoms with van der Waals surface area (Å²) in [6, 6.07) is 7.61. The topological polar surface area (TPSA) is 29.1 Å². The summed E-state index contributed by atoms with van der Waals surface area (Å²) in [5, 5.41) is 3.11. The summed E-state index contributed by atoms with van der Waals surface area (Å²) < 4.78 is 0. The van der Waals surface area contributed by atoms with Gasteiger partial charge in [-0.2, -0.15) is 0 Å². The highest BCUT2D eigenvalue weighted by molar-refractivity contribution is 5.99. The van der Waals surface area contributed by atoms with Crippen molar-refractivity contribution in [3.63, 3.8) is 0 Å². The predicted octanol–water partition coefficient (Wildman–Crippen LogP) is 2.18. The summed E-state index contributed by atoms with van der Waals surface area (Å²) >= 11 is 0. The highest BCUT2D eigenvalue weighted by atomic mass is 16.1. The lowest BCUT2D eigenvalue weighted by Crippen LogP contribution is -2.33. The SMILES string of the molecule is CCN[C@H](C)C(=O)c1cccc(C)c1. The molecule has 0 unspecified atom stereocenters. The average Bonchev–Trinajstić information content (AvgIpc) is 2.17. The Morgan fingerprint density at radius 1 is 1.50 bits per heavy atom. The molecule has 0 aliphatic heterocycles. The van der Waals surface area contributed by atoms with Gasteiger partial charge in [0.15, 0.2) is 5.78 Å². The van der Waals surface area contributed by atoms with Crippen LogP contribution in [0.25, 0.3) is 0 Å². The Hall–Kier alpha value is -1.15. The molecule has 0 bridgehead atoms. The van der Waals surface area contributed by atoms with E-state index in [0.717, 1.165) is 17.7 Å². The molecule has 14 heavy (non-hydrogen) atoms. The minimum absolute atomic E-state index is 0.0956. The Morgan fingerprint density at radius 3 is 2.79 bits per heavy atom. The summed E-state index contributed by atoms with van der Waals surface area (Å²) in [7, 11) is 0. The van der Waals surface area contributed by atoms with Crippen LogP contribution in [-0.4, -0.2) is 18.4 Å². The van der Waals surface area contributed by atoms with Gasteiger partial charge in [0.2, 0.25) is 0 Å². The third-order valence-electron chi connectivity index (χ3n) is 2.21. The minimum atomic E-state index is -0.0956. The lowest BCUT2D eigenvalue weighted by molar-refractivity contribution is 0.0952. The molecule has 0 radical (unpaired) electrons. The second-order valence-electron chi connectivity index (χ2n) is 3.51. The maximum absolute atomic E-state index is 11.8. The van der Waals surface area contributed by atoms with Gasteiger partial charge in [0.25, 0.3) is 0 Å². The van der Waals surface area contributed by atoms with Crippen molar-refractivity contribution in [2.45, 2.75) is 26.8 Å². The first-order chi connectivity index (χ1) is 6.65. The molecular formula is C12H17NO. The molecule has 1 aromatic rings. The van der Waals surface area contributed by atoms with Crippen LogP contribution in [0.2, 0.25) is 0 Å². The van der Waals surface area contributed by atoms with Crippen LogP contribution in [0.4, 0.5) is 0 Å². The van der Waals surface area contributed by atoms with E-state index in [4.69, 9.17) is 0 Å². The summed E-state index contributed by atoms with van der Waals surface area (Å²) in [6.07, 6.45) is 0. The maximum atomic E-state index is 11.8. The van der Waals surface area contributed by atoms with E-state index in [9.17, 15) is 4.79 Å². The molecule has 0 aliphatic rings. The number of rotatable bonds is 4. The fourth-order valence-electron chi connectivity index (χ4n) is 1.45. The molecule has 1 atom stereocenters. The monoisotopic (exact) mass is 191 g/mol. The number of carbonyl (C=O) groups is 1. The Kier molecular flexibility index (Phi) is 3.84. The summed E-state index contributed by atoms with van der Waals surface area (Å²) in [6.45, 7) is 6.71. The van der Waals surface area contributed by atoms with E-state index in [0.29, 0.717) is 0 Å². The van der Waals surface area contributed by atoms with Crippen LogP contribution in [0.3, 0.4) is 0 Å². The van der Waals surface area contributed by atoms with Crippen LogP contribution in [0, 0.1) is 6.92 Å². The quantitative estimate of drug-likeness (QED) is 0.739. The van der Waals surface area contributed by atoms with Gasteiger partial charge in [-0.05, 0) is 26.5 Å². The van der Waals surface area contributed by atoms with Gasteiger partial charge in [0.05, 0.1) is 6.04 Å². The van der Waals surface area contributed by atoms with Crippen LogP contribution in [-0.2, 0) is 0 Å². The zero-order valence-electron chi connectivity index (χ0n) is 9.00. The van der Waals surface area contributed by atoms with Gasteiger partial charge in [0.1, 0.15) is 0 Å². The van der Waals surface area contributed by atoms with Crippen molar-refractivity contribution in [3.8, 4) is 0 Å². The number of ketones is 1. The van der Waals surface area contributed by atoms with E-state index in [2.05, 4.69) is 5.32 Å². The zero-order valence-corrected chi connectivity index (χ0v) is 9.00. The molecule has 0 aliphatic carbocycles. The van der Waals surface area contributed by atoms with Crippen molar-refractivity contribution in [1.29, 1.82) is 0 Å². The fraction of sp³-hybridized carbons (Fsp3) is 0.417. The van der Waals surface area contributed by atoms with E-state index in [1.165, 1.54) is 0 Å². The lowest BCUT2D eigenvalue weighted by atomic mass is 10.0. The van der Waals surface area contributed by atoms with Crippen molar-refractivity contribution in [3.05, 3.63) is 35.4 Å². The Labute approximate surface area is 85.3 Å². The number of hydrogen-bond donors (Lipinski definition) is 1. The van der Waals surface area contributed by atoms with Gasteiger partial charge in [-0.1, -0.05) is 30.7 Å². The van der Waals surface area contributed by atoms with Crippen LogP contribution >= 0.6 is 0 Å². The Bertz CT molecular complexity index is 320. The molecular weight excluding hydrogens is 174 g/mol. The summed E-state index contributed by atoms with van der Waals surface area (Å²) in [5.74, 6) is 0.163. The van der Waals surface area contributed by atoms with E-state index in [1.807, 2.05) is 45.0 Å². The predicted molar refractivity (Wildman–Crippen MR) is 58.6 cm³/mol. The second-order valence-corrected chi connectivity index (χ2v) is 3.51. The van der Waals surface area contributed by atoms with Gasteiger partial charge in [0, 0.05) is 5.56 Å². The average molecular weight is 191 g/mol. The van der Waals surface area contributed by atoms with Crippen molar-refractivity contribution in [2.24, 2.45) is 0 Å². The normalized spacial score (nSPS) is 12.5. The lowest BCUT2D eigenvalue weighted by Gasteiger charge is -2.11. The number of benzene rings is 1. The highest BCUT2D eigenvalue weighted by Gasteiger charge is 2.13. The molecule has 2 heteroatoms. The summed E-state index contributed by atoms with van der Waals surface area (Å²) in [5.41, 5.74) is 1.91. The van der Waals surface area contributed by atoms with Gasteiger partial charge >= 0.3 is 0 Å². The van der Waals surface area contributed by atoms with Crippen LogP contribution < -0.4 is 5.32 Å². The molecule has 0 saturated heterocycles. The van der Waals surface area contributed by atoms with Crippen LogP contribution in [0.1, 0.15) is 29.8 Å². The van der Waals surface area contributed by atoms with Crippen molar-refractivity contribution >= 4 is 5.78 Å². The molecule has 0 heterocycles. The maximum Gasteiger partial charge on any atom is 0.179 e. The fourth-order valence-corrected chi connectivity index (χ4v) is 1.45. The summed E-state index contributed by atoms with van der Waals surface area (Å²) in [4.78, 5) is 11.8. The van der Waals surface area contributed by atoms with Crippen LogP contribution in [0.5, 0.6) is 0 Å². The first-order valence-corrected chi connectivity index (χ1v) is 4.99. The largest absolute Gasteiger partial charge is 0.308 e. The van der Waals surface area contributed by atoms with Crippen LogP contribution in [0.15, 0.2) is 24.3 Å². The standard InChI is InChI=1S/C12H17NO/c1-4-13-10(3)12(14)11-7-5-6-9(2)8-11/h5-8,10,13H,4H2,1-3H3/t10-/m1/s1. The van der Waals surface area contributed by atoms with E-state index < -0.39 is 0 Å². The highest BCUT2D eigenvalue weighted by Crippen LogP contribution is 2.06. The minimum Gasteiger partial charge on any atom is -0.308 e. The number of Topliss-reactive ketones (excluding diaryl/α,β-unsaturated/α-hetero) is 1. The van der Waals surface area contributed by atoms with E-state index in [-0.39, 0.29) is 11.8 Å². The number of hydrogen-bond acceptors (Lipinski definition) is 2. The molecule has 1 N–H and O–H groups in total. The first kappa shape index (κ1) is 10.9. The first-order valence-electron chi connectivity index (χ1n) is 4.99. The second kappa shape index (κ2) is 4.91. The number of likely N-dealkylation sites (N-methyl/N-ethyl adjacent to an activating group) is 1. The third-order valence-corrected chi connectivity index (χ3v) is 2.21. The Balaban J connectivity index is 2.78. The van der Waals surface area contributed by atoms with Gasteiger partial charge in [-0.25, -0.2) is 0 Å². The molecule has 1 aromatic carbocycles. The molecule has 0 aromatic heterocycles. The number of aryl methyl sites for hydroxylation is 1. The van der Waals surface area contributed by atoms with Gasteiger partial charge in [-0.15, -0.1) is 0 Å². The molecule has 0 spiro atoms. The van der Waals surface area contributed by atoms with E-state index >= 15 is 0 Å². The zero-order chi connectivity index (χ0) is 10.6. The molecule has 0 fully saturated rings. The van der Waals surface area contributed by atoms with Crippen molar-refractivity contribution in [2.75, 3.05) is 6.54 Å². The molecule has 76 valence electrons. The Morgan fingerprint density at radius 2 is 2.21 bits per heavy atom. The van der Waals surface area contributed by atoms with Gasteiger partial charge < -0.3 is 5.32 Å². The third kappa shape index (κ3) is 2.67. The van der Waals surface area contributed by atoms with Crippen molar-refractivity contribution in [1.82, 2.24) is 5.32 Å². The molecule has 0 saturated carbocycles.